The van der Waals surface area contributed by atoms with Crippen molar-refractivity contribution in [2.45, 2.75) is 12.8 Å². The summed E-state index contributed by atoms with van der Waals surface area (Å²) in [6.07, 6.45) is 0.486. The monoisotopic (exact) mass is 356 g/mol. The topological polar surface area (TPSA) is 76.2 Å². The van der Waals surface area contributed by atoms with E-state index >= 15 is 0 Å². The van der Waals surface area contributed by atoms with E-state index in [0.717, 1.165) is 10.0 Å². The highest BCUT2D eigenvalue weighted by atomic mass is 79.9. The van der Waals surface area contributed by atoms with Crippen molar-refractivity contribution in [3.8, 4) is 0 Å². The molecule has 2 rings (SSSR count). The largest absolute Gasteiger partial charge is 0.478 e. The Hall–Kier alpha value is -1.66. The van der Waals surface area contributed by atoms with Gasteiger partial charge in [-0.1, -0.05) is 29.4 Å². The second-order valence-corrected chi connectivity index (χ2v) is 5.38. The van der Waals surface area contributed by atoms with Crippen LogP contribution in [0.4, 0.5) is 0 Å². The molecule has 5 nitrogen and oxygen atoms in total. The molecular weight excluding hydrogens is 348 g/mol. The number of aromatic nitrogens is 2. The van der Waals surface area contributed by atoms with Crippen LogP contribution in [0.5, 0.6) is 0 Å². The van der Waals surface area contributed by atoms with Gasteiger partial charge in [0.25, 0.3) is 0 Å². The standard InChI is InChI=1S/C13H10BrClN2O3/c1-7(13(18)19)4-12-16-11(17-20-12)6-8-2-3-9(14)10(15)5-8/h2-3,5H,1,4,6H2,(H,18,19). The fourth-order valence-corrected chi connectivity index (χ4v) is 1.97. The van der Waals surface area contributed by atoms with E-state index in [1.807, 2.05) is 12.1 Å². The van der Waals surface area contributed by atoms with E-state index in [4.69, 9.17) is 21.2 Å². The van der Waals surface area contributed by atoms with Crippen molar-refractivity contribution >= 4 is 33.5 Å². The molecule has 0 atom stereocenters. The summed E-state index contributed by atoms with van der Waals surface area (Å²) in [4.78, 5) is 14.8. The Balaban J connectivity index is 2.07. The van der Waals surface area contributed by atoms with E-state index in [1.54, 1.807) is 6.07 Å². The Labute approximate surface area is 128 Å². The van der Waals surface area contributed by atoms with E-state index < -0.39 is 5.97 Å². The highest BCUT2D eigenvalue weighted by Gasteiger charge is 2.12. The second kappa shape index (κ2) is 6.19. The van der Waals surface area contributed by atoms with Crippen molar-refractivity contribution in [2.75, 3.05) is 0 Å². The maximum atomic E-state index is 10.7. The van der Waals surface area contributed by atoms with Gasteiger partial charge in [0.05, 0.1) is 11.4 Å². The highest BCUT2D eigenvalue weighted by molar-refractivity contribution is 9.10. The van der Waals surface area contributed by atoms with Gasteiger partial charge in [-0.25, -0.2) is 4.79 Å². The molecule has 1 N–H and O–H groups in total. The Kier molecular flexibility index (Phi) is 4.57. The fourth-order valence-electron chi connectivity index (χ4n) is 1.52. The van der Waals surface area contributed by atoms with Gasteiger partial charge in [0.2, 0.25) is 5.89 Å². The summed E-state index contributed by atoms with van der Waals surface area (Å²) >= 11 is 9.31. The molecule has 0 aliphatic heterocycles. The normalized spacial score (nSPS) is 10.5. The molecule has 0 radical (unpaired) electrons. The van der Waals surface area contributed by atoms with Crippen LogP contribution in [0, 0.1) is 0 Å². The number of rotatable bonds is 5. The van der Waals surface area contributed by atoms with Crippen LogP contribution in [-0.4, -0.2) is 21.2 Å². The predicted octanol–water partition coefficient (Wildman–Crippen LogP) is 3.26. The molecule has 20 heavy (non-hydrogen) atoms. The summed E-state index contributed by atoms with van der Waals surface area (Å²) in [6.45, 7) is 3.41. The molecule has 1 heterocycles. The van der Waals surface area contributed by atoms with Crippen LogP contribution < -0.4 is 0 Å². The van der Waals surface area contributed by atoms with Gasteiger partial charge >= 0.3 is 5.97 Å². The molecule has 0 saturated carbocycles. The Bertz CT molecular complexity index is 669. The second-order valence-electron chi connectivity index (χ2n) is 4.12. The Morgan fingerprint density at radius 3 is 2.90 bits per heavy atom. The zero-order valence-corrected chi connectivity index (χ0v) is 12.6. The maximum Gasteiger partial charge on any atom is 0.331 e. The molecule has 0 bridgehead atoms. The van der Waals surface area contributed by atoms with Crippen molar-refractivity contribution in [3.63, 3.8) is 0 Å². The molecule has 0 fully saturated rings. The van der Waals surface area contributed by atoms with Crippen LogP contribution in [0.3, 0.4) is 0 Å². The lowest BCUT2D eigenvalue weighted by atomic mass is 10.1. The SMILES string of the molecule is C=C(Cc1nc(Cc2ccc(Br)c(Cl)c2)no1)C(=O)O. The molecule has 0 unspecified atom stereocenters. The van der Waals surface area contributed by atoms with E-state index in [1.165, 1.54) is 0 Å². The molecule has 104 valence electrons. The molecule has 0 amide bonds. The van der Waals surface area contributed by atoms with Crippen molar-refractivity contribution in [2.24, 2.45) is 0 Å². The minimum atomic E-state index is -1.08. The van der Waals surface area contributed by atoms with Gasteiger partial charge in [0.1, 0.15) is 0 Å². The van der Waals surface area contributed by atoms with Gasteiger partial charge in [0, 0.05) is 16.5 Å². The number of carboxylic acid groups (broad SMARTS) is 1. The quantitative estimate of drug-likeness (QED) is 0.831. The third-order valence-corrected chi connectivity index (χ3v) is 3.76. The van der Waals surface area contributed by atoms with E-state index in [9.17, 15) is 4.79 Å². The van der Waals surface area contributed by atoms with Crippen LogP contribution in [0.2, 0.25) is 5.02 Å². The molecule has 1 aromatic heterocycles. The number of halogens is 2. The number of hydrogen-bond donors (Lipinski definition) is 1. The van der Waals surface area contributed by atoms with E-state index in [0.29, 0.717) is 17.3 Å². The molecule has 0 aliphatic carbocycles. The summed E-state index contributed by atoms with van der Waals surface area (Å²) in [5.41, 5.74) is 0.939. The number of benzene rings is 1. The fraction of sp³-hybridized carbons (Fsp3) is 0.154. The molecule has 0 spiro atoms. The number of aliphatic carboxylic acids is 1. The molecule has 0 saturated heterocycles. The molecule has 2 aromatic rings. The van der Waals surface area contributed by atoms with Crippen molar-refractivity contribution in [1.82, 2.24) is 10.1 Å². The number of nitrogens with zero attached hydrogens (tertiary/aromatic N) is 2. The first kappa shape index (κ1) is 14.7. The minimum absolute atomic E-state index is 0.00638. The molecule has 7 heteroatoms. The zero-order valence-electron chi connectivity index (χ0n) is 10.3. The lowest BCUT2D eigenvalue weighted by Crippen LogP contribution is -2.02. The lowest BCUT2D eigenvalue weighted by molar-refractivity contribution is -0.132. The van der Waals surface area contributed by atoms with Crippen LogP contribution in [-0.2, 0) is 17.6 Å². The van der Waals surface area contributed by atoms with Gasteiger partial charge in [-0.05, 0) is 33.6 Å². The zero-order chi connectivity index (χ0) is 14.7. The average Bonchev–Trinajstić information content (AvgIpc) is 2.81. The summed E-state index contributed by atoms with van der Waals surface area (Å²) in [6, 6.07) is 5.53. The molecule has 0 aliphatic rings. The van der Waals surface area contributed by atoms with Gasteiger partial charge in [-0.15, -0.1) is 0 Å². The van der Waals surface area contributed by atoms with E-state index in [2.05, 4.69) is 32.6 Å². The first-order chi connectivity index (χ1) is 9.45. The van der Waals surface area contributed by atoms with E-state index in [-0.39, 0.29) is 17.9 Å². The van der Waals surface area contributed by atoms with Crippen LogP contribution in [0.15, 0.2) is 39.3 Å². The first-order valence-corrected chi connectivity index (χ1v) is 6.79. The van der Waals surface area contributed by atoms with Crippen LogP contribution in [0.1, 0.15) is 17.3 Å². The highest BCUT2D eigenvalue weighted by Crippen LogP contribution is 2.24. The van der Waals surface area contributed by atoms with Gasteiger partial charge in [-0.2, -0.15) is 4.98 Å². The number of carbonyl (C=O) groups is 1. The minimum Gasteiger partial charge on any atom is -0.478 e. The summed E-state index contributed by atoms with van der Waals surface area (Å²) in [5.74, 6) is -0.378. The number of carboxylic acids is 1. The van der Waals surface area contributed by atoms with Crippen molar-refractivity contribution in [1.29, 1.82) is 0 Å². The average molecular weight is 358 g/mol. The maximum absolute atomic E-state index is 10.7. The van der Waals surface area contributed by atoms with Crippen LogP contribution >= 0.6 is 27.5 Å². The van der Waals surface area contributed by atoms with Gasteiger partial charge < -0.3 is 9.63 Å². The Morgan fingerprint density at radius 1 is 1.50 bits per heavy atom. The Morgan fingerprint density at radius 2 is 2.25 bits per heavy atom. The van der Waals surface area contributed by atoms with Crippen LogP contribution in [0.25, 0.3) is 0 Å². The number of hydrogen-bond acceptors (Lipinski definition) is 4. The third kappa shape index (κ3) is 3.68. The van der Waals surface area contributed by atoms with Gasteiger partial charge in [0.15, 0.2) is 5.82 Å². The summed E-state index contributed by atoms with van der Waals surface area (Å²) in [5, 5.41) is 13.1. The van der Waals surface area contributed by atoms with Gasteiger partial charge in [-0.3, -0.25) is 0 Å². The smallest absolute Gasteiger partial charge is 0.331 e. The predicted molar refractivity (Wildman–Crippen MR) is 76.7 cm³/mol. The summed E-state index contributed by atoms with van der Waals surface area (Å²) in [7, 11) is 0. The van der Waals surface area contributed by atoms with Crippen molar-refractivity contribution < 1.29 is 14.4 Å². The third-order valence-electron chi connectivity index (χ3n) is 2.52. The van der Waals surface area contributed by atoms with Crippen molar-refractivity contribution in [3.05, 3.63) is 57.1 Å². The lowest BCUT2D eigenvalue weighted by Gasteiger charge is -1.99. The summed E-state index contributed by atoms with van der Waals surface area (Å²) < 4.78 is 5.80. The first-order valence-electron chi connectivity index (χ1n) is 5.62. The molecular formula is C13H10BrClN2O3. The molecule has 1 aromatic carbocycles.